The van der Waals surface area contributed by atoms with Gasteiger partial charge in [0.15, 0.2) is 0 Å². The third-order valence-electron chi connectivity index (χ3n) is 3.00. The smallest absolute Gasteiger partial charge is 0.00589 e. The number of rotatable bonds is 11. The second-order valence-corrected chi connectivity index (χ2v) is 4.40. The molecular formula is C15H28. The van der Waals surface area contributed by atoms with Gasteiger partial charge in [0.25, 0.3) is 0 Å². The van der Waals surface area contributed by atoms with Crippen LogP contribution in [0.25, 0.3) is 0 Å². The molecule has 15 heavy (non-hydrogen) atoms. The van der Waals surface area contributed by atoms with Crippen LogP contribution in [-0.2, 0) is 0 Å². The van der Waals surface area contributed by atoms with Crippen molar-refractivity contribution in [2.45, 2.75) is 64.7 Å². The van der Waals surface area contributed by atoms with Crippen LogP contribution in [-0.4, -0.2) is 0 Å². The molecule has 0 aromatic rings. The summed E-state index contributed by atoms with van der Waals surface area (Å²) in [6.07, 6.45) is 16.4. The lowest BCUT2D eigenvalue weighted by molar-refractivity contribution is 0.548. The first kappa shape index (κ1) is 14.5. The predicted octanol–water partition coefficient (Wildman–Crippen LogP) is 5.51. The Labute approximate surface area is 96.5 Å². The van der Waals surface area contributed by atoms with E-state index in [1.807, 2.05) is 12.2 Å². The highest BCUT2D eigenvalue weighted by Crippen LogP contribution is 2.14. The standard InChI is InChI=1S/C15H28/c1-4-7-8-9-10-11-12-13-14-15(5-2)6-3/h5-6,15H,2-4,7-14H2,1H3. The van der Waals surface area contributed by atoms with Crippen LogP contribution < -0.4 is 0 Å². The van der Waals surface area contributed by atoms with Crippen LogP contribution in [0.4, 0.5) is 0 Å². The maximum absolute atomic E-state index is 3.81. The fourth-order valence-corrected chi connectivity index (χ4v) is 1.85. The monoisotopic (exact) mass is 208 g/mol. The number of allylic oxidation sites excluding steroid dienone is 2. The van der Waals surface area contributed by atoms with Gasteiger partial charge >= 0.3 is 0 Å². The minimum atomic E-state index is 0.532. The van der Waals surface area contributed by atoms with Crippen molar-refractivity contribution in [3.63, 3.8) is 0 Å². The van der Waals surface area contributed by atoms with E-state index in [2.05, 4.69) is 20.1 Å². The average molecular weight is 208 g/mol. The molecule has 0 saturated carbocycles. The van der Waals surface area contributed by atoms with Gasteiger partial charge in [-0.1, -0.05) is 70.4 Å². The van der Waals surface area contributed by atoms with Crippen molar-refractivity contribution < 1.29 is 0 Å². The van der Waals surface area contributed by atoms with Gasteiger partial charge in [-0.05, 0) is 12.3 Å². The molecule has 0 aliphatic rings. The van der Waals surface area contributed by atoms with Crippen LogP contribution in [0, 0.1) is 5.92 Å². The van der Waals surface area contributed by atoms with Crippen molar-refractivity contribution in [1.29, 1.82) is 0 Å². The third kappa shape index (κ3) is 9.78. The van der Waals surface area contributed by atoms with Gasteiger partial charge in [0.05, 0.1) is 0 Å². The van der Waals surface area contributed by atoms with Crippen molar-refractivity contribution >= 4 is 0 Å². The third-order valence-corrected chi connectivity index (χ3v) is 3.00. The Kier molecular flexibility index (Phi) is 11.2. The van der Waals surface area contributed by atoms with E-state index in [9.17, 15) is 0 Å². The molecule has 0 amide bonds. The van der Waals surface area contributed by atoms with Crippen LogP contribution in [0.3, 0.4) is 0 Å². The van der Waals surface area contributed by atoms with Crippen molar-refractivity contribution in [3.8, 4) is 0 Å². The summed E-state index contributed by atoms with van der Waals surface area (Å²) in [6.45, 7) is 9.89. The molecule has 0 N–H and O–H groups in total. The largest absolute Gasteiger partial charge is 0.102 e. The van der Waals surface area contributed by atoms with E-state index in [1.165, 1.54) is 57.8 Å². The van der Waals surface area contributed by atoms with Crippen molar-refractivity contribution in [3.05, 3.63) is 25.3 Å². The van der Waals surface area contributed by atoms with Gasteiger partial charge in [0, 0.05) is 0 Å². The van der Waals surface area contributed by atoms with Crippen LogP contribution >= 0.6 is 0 Å². The Hall–Kier alpha value is -0.520. The summed E-state index contributed by atoms with van der Waals surface area (Å²) in [5.41, 5.74) is 0. The predicted molar refractivity (Wildman–Crippen MR) is 71.1 cm³/mol. The molecule has 0 saturated heterocycles. The highest BCUT2D eigenvalue weighted by Gasteiger charge is 1.97. The van der Waals surface area contributed by atoms with Gasteiger partial charge in [0.1, 0.15) is 0 Å². The van der Waals surface area contributed by atoms with Crippen LogP contribution in [0.15, 0.2) is 25.3 Å². The first-order chi connectivity index (χ1) is 7.35. The van der Waals surface area contributed by atoms with E-state index in [0.717, 1.165) is 0 Å². The van der Waals surface area contributed by atoms with Crippen LogP contribution in [0.2, 0.25) is 0 Å². The molecule has 0 bridgehead atoms. The maximum atomic E-state index is 3.81. The second kappa shape index (κ2) is 11.6. The fourth-order valence-electron chi connectivity index (χ4n) is 1.85. The molecule has 0 radical (unpaired) electrons. The van der Waals surface area contributed by atoms with Crippen molar-refractivity contribution in [1.82, 2.24) is 0 Å². The van der Waals surface area contributed by atoms with Crippen LogP contribution in [0.1, 0.15) is 64.7 Å². The SMILES string of the molecule is C=CC(C=C)CCCCCCCCCC. The summed E-state index contributed by atoms with van der Waals surface area (Å²) in [5, 5.41) is 0. The first-order valence-corrected chi connectivity index (χ1v) is 6.60. The molecule has 0 fully saturated rings. The Morgan fingerprint density at radius 3 is 1.73 bits per heavy atom. The van der Waals surface area contributed by atoms with Gasteiger partial charge < -0.3 is 0 Å². The molecule has 0 atom stereocenters. The molecule has 88 valence electrons. The van der Waals surface area contributed by atoms with E-state index in [4.69, 9.17) is 0 Å². The van der Waals surface area contributed by atoms with Crippen molar-refractivity contribution in [2.24, 2.45) is 5.92 Å². The number of unbranched alkanes of at least 4 members (excludes halogenated alkanes) is 7. The maximum Gasteiger partial charge on any atom is -0.00589 e. The Balaban J connectivity index is 3.10. The zero-order valence-electron chi connectivity index (χ0n) is 10.5. The quantitative estimate of drug-likeness (QED) is 0.310. The van der Waals surface area contributed by atoms with Gasteiger partial charge in [-0.25, -0.2) is 0 Å². The Morgan fingerprint density at radius 1 is 0.800 bits per heavy atom. The van der Waals surface area contributed by atoms with Gasteiger partial charge in [0.2, 0.25) is 0 Å². The first-order valence-electron chi connectivity index (χ1n) is 6.60. The van der Waals surface area contributed by atoms with Crippen molar-refractivity contribution in [2.75, 3.05) is 0 Å². The molecule has 0 aromatic heterocycles. The molecule has 0 heterocycles. The zero-order valence-corrected chi connectivity index (χ0v) is 10.5. The van der Waals surface area contributed by atoms with E-state index in [0.29, 0.717) is 5.92 Å². The lowest BCUT2D eigenvalue weighted by atomic mass is 10.0. The lowest BCUT2D eigenvalue weighted by Crippen LogP contribution is -1.90. The zero-order chi connectivity index (χ0) is 11.4. The van der Waals surface area contributed by atoms with Gasteiger partial charge in [-0.3, -0.25) is 0 Å². The highest BCUT2D eigenvalue weighted by atomic mass is 14.0. The topological polar surface area (TPSA) is 0 Å². The number of hydrogen-bond acceptors (Lipinski definition) is 0. The number of hydrogen-bond donors (Lipinski definition) is 0. The normalized spacial score (nSPS) is 10.5. The minimum absolute atomic E-state index is 0.532. The summed E-state index contributed by atoms with van der Waals surface area (Å²) in [6, 6.07) is 0. The van der Waals surface area contributed by atoms with E-state index in [-0.39, 0.29) is 0 Å². The fraction of sp³-hybridized carbons (Fsp3) is 0.733. The molecule has 0 nitrogen and oxygen atoms in total. The van der Waals surface area contributed by atoms with E-state index < -0.39 is 0 Å². The molecule has 0 aliphatic carbocycles. The molecule has 0 heteroatoms. The molecule has 0 spiro atoms. The minimum Gasteiger partial charge on any atom is -0.102 e. The van der Waals surface area contributed by atoms with Gasteiger partial charge in [-0.2, -0.15) is 0 Å². The summed E-state index contributed by atoms with van der Waals surface area (Å²) >= 11 is 0. The molecule has 0 aliphatic heterocycles. The Bertz CT molecular complexity index is 138. The molecular weight excluding hydrogens is 180 g/mol. The summed E-state index contributed by atoms with van der Waals surface area (Å²) in [4.78, 5) is 0. The highest BCUT2D eigenvalue weighted by molar-refractivity contribution is 4.91. The molecule has 0 rings (SSSR count). The summed E-state index contributed by atoms with van der Waals surface area (Å²) in [5.74, 6) is 0.532. The Morgan fingerprint density at radius 2 is 1.27 bits per heavy atom. The lowest BCUT2D eigenvalue weighted by Gasteiger charge is -2.06. The molecule has 0 unspecified atom stereocenters. The van der Waals surface area contributed by atoms with Crippen LogP contribution in [0.5, 0.6) is 0 Å². The van der Waals surface area contributed by atoms with E-state index >= 15 is 0 Å². The molecule has 0 aromatic carbocycles. The second-order valence-electron chi connectivity index (χ2n) is 4.40. The van der Waals surface area contributed by atoms with Gasteiger partial charge in [-0.15, -0.1) is 13.2 Å². The van der Waals surface area contributed by atoms with E-state index in [1.54, 1.807) is 0 Å². The summed E-state index contributed by atoms with van der Waals surface area (Å²) < 4.78 is 0. The summed E-state index contributed by atoms with van der Waals surface area (Å²) in [7, 11) is 0. The average Bonchev–Trinajstić information content (AvgIpc) is 2.27.